The normalized spacial score (nSPS) is 14.5. The summed E-state index contributed by atoms with van der Waals surface area (Å²) in [6, 6.07) is 5.91. The molecule has 2 heteroatoms. The van der Waals surface area contributed by atoms with Crippen LogP contribution in [0.25, 0.3) is 0 Å². The number of nitrogens with zero attached hydrogens (tertiary/aromatic N) is 1. The minimum atomic E-state index is 0.794. The van der Waals surface area contributed by atoms with Gasteiger partial charge in [-0.1, -0.05) is 6.07 Å². The Bertz CT molecular complexity index is 302. The van der Waals surface area contributed by atoms with E-state index in [1.165, 1.54) is 5.56 Å². The standard InChI is InChI=1S/C9H10N2/c10-8-4-3-7-2-1-5-11-9(7)6-8/h3-6H,1-2,10H2. The number of benzene rings is 1. The summed E-state index contributed by atoms with van der Waals surface area (Å²) >= 11 is 0. The van der Waals surface area contributed by atoms with Gasteiger partial charge in [-0.2, -0.15) is 0 Å². The maximum Gasteiger partial charge on any atom is 0.0678 e. The number of nitrogens with two attached hydrogens (primary N) is 1. The van der Waals surface area contributed by atoms with Crippen LogP contribution < -0.4 is 5.73 Å². The van der Waals surface area contributed by atoms with E-state index >= 15 is 0 Å². The summed E-state index contributed by atoms with van der Waals surface area (Å²) in [5, 5.41) is 0. The second-order valence-corrected chi connectivity index (χ2v) is 2.74. The molecule has 56 valence electrons. The maximum atomic E-state index is 5.61. The average Bonchev–Trinajstić information content (AvgIpc) is 2.04. The summed E-state index contributed by atoms with van der Waals surface area (Å²) in [5.74, 6) is 0. The predicted octanol–water partition coefficient (Wildman–Crippen LogP) is 1.92. The molecule has 1 aromatic carbocycles. The molecule has 0 saturated carbocycles. The van der Waals surface area contributed by atoms with Gasteiger partial charge in [0.15, 0.2) is 0 Å². The summed E-state index contributed by atoms with van der Waals surface area (Å²) in [5.41, 5.74) is 8.75. The highest BCUT2D eigenvalue weighted by atomic mass is 14.7. The van der Waals surface area contributed by atoms with Crippen LogP contribution in [0, 0.1) is 0 Å². The fourth-order valence-electron chi connectivity index (χ4n) is 1.30. The first-order valence-corrected chi connectivity index (χ1v) is 3.77. The third-order valence-corrected chi connectivity index (χ3v) is 1.88. The lowest BCUT2D eigenvalue weighted by molar-refractivity contribution is 1.03. The van der Waals surface area contributed by atoms with E-state index in [4.69, 9.17) is 5.73 Å². The Labute approximate surface area is 65.8 Å². The number of aliphatic imine (C=N–C) groups is 1. The molecule has 0 saturated heterocycles. The van der Waals surface area contributed by atoms with Crippen molar-refractivity contribution in [3.63, 3.8) is 0 Å². The Hall–Kier alpha value is -1.31. The van der Waals surface area contributed by atoms with Crippen molar-refractivity contribution < 1.29 is 0 Å². The van der Waals surface area contributed by atoms with Crippen LogP contribution in [0.1, 0.15) is 12.0 Å². The van der Waals surface area contributed by atoms with E-state index in [2.05, 4.69) is 11.1 Å². The third kappa shape index (κ3) is 1.11. The van der Waals surface area contributed by atoms with Gasteiger partial charge in [-0.05, 0) is 30.5 Å². The molecule has 0 aromatic heterocycles. The van der Waals surface area contributed by atoms with Gasteiger partial charge in [-0.25, -0.2) is 0 Å². The Kier molecular flexibility index (Phi) is 1.39. The number of hydrogen-bond donors (Lipinski definition) is 1. The Morgan fingerprint density at radius 2 is 2.27 bits per heavy atom. The smallest absolute Gasteiger partial charge is 0.0678 e. The molecule has 1 aliphatic heterocycles. The molecule has 2 rings (SSSR count). The van der Waals surface area contributed by atoms with Crippen LogP contribution in [0.15, 0.2) is 23.2 Å². The molecule has 1 heterocycles. The lowest BCUT2D eigenvalue weighted by atomic mass is 10.1. The van der Waals surface area contributed by atoms with Crippen LogP contribution in [0.5, 0.6) is 0 Å². The molecule has 11 heavy (non-hydrogen) atoms. The molecule has 0 unspecified atom stereocenters. The lowest BCUT2D eigenvalue weighted by Gasteiger charge is -2.08. The van der Waals surface area contributed by atoms with E-state index in [1.54, 1.807) is 0 Å². The van der Waals surface area contributed by atoms with E-state index < -0.39 is 0 Å². The molecule has 0 spiro atoms. The Morgan fingerprint density at radius 3 is 3.18 bits per heavy atom. The van der Waals surface area contributed by atoms with Crippen molar-refractivity contribution >= 4 is 17.6 Å². The Morgan fingerprint density at radius 1 is 1.36 bits per heavy atom. The number of rotatable bonds is 0. The van der Waals surface area contributed by atoms with Gasteiger partial charge in [0, 0.05) is 11.9 Å². The number of nitrogen functional groups attached to an aromatic ring is 1. The van der Waals surface area contributed by atoms with Crippen molar-refractivity contribution in [2.75, 3.05) is 5.73 Å². The van der Waals surface area contributed by atoms with Crippen LogP contribution in [0.2, 0.25) is 0 Å². The van der Waals surface area contributed by atoms with E-state index in [1.807, 2.05) is 18.3 Å². The van der Waals surface area contributed by atoms with Gasteiger partial charge in [-0.3, -0.25) is 4.99 Å². The van der Waals surface area contributed by atoms with Gasteiger partial charge in [0.1, 0.15) is 0 Å². The fraction of sp³-hybridized carbons (Fsp3) is 0.222. The monoisotopic (exact) mass is 146 g/mol. The highest BCUT2D eigenvalue weighted by molar-refractivity contribution is 5.70. The van der Waals surface area contributed by atoms with Gasteiger partial charge < -0.3 is 5.73 Å². The van der Waals surface area contributed by atoms with Crippen molar-refractivity contribution in [1.29, 1.82) is 0 Å². The van der Waals surface area contributed by atoms with E-state index in [-0.39, 0.29) is 0 Å². The number of anilines is 1. The zero-order chi connectivity index (χ0) is 7.68. The van der Waals surface area contributed by atoms with Crippen molar-refractivity contribution in [2.45, 2.75) is 12.8 Å². The van der Waals surface area contributed by atoms with Crippen LogP contribution in [0.3, 0.4) is 0 Å². The predicted molar refractivity (Wildman–Crippen MR) is 47.3 cm³/mol. The Balaban J connectivity index is 2.54. The molecular weight excluding hydrogens is 136 g/mol. The summed E-state index contributed by atoms with van der Waals surface area (Å²) in [6.45, 7) is 0. The average molecular weight is 146 g/mol. The first-order valence-electron chi connectivity index (χ1n) is 3.77. The first-order chi connectivity index (χ1) is 5.36. The molecule has 0 fully saturated rings. The van der Waals surface area contributed by atoms with Gasteiger partial charge in [-0.15, -0.1) is 0 Å². The minimum absolute atomic E-state index is 0.794. The quantitative estimate of drug-likeness (QED) is 0.558. The number of hydrogen-bond acceptors (Lipinski definition) is 2. The molecule has 1 aliphatic rings. The topological polar surface area (TPSA) is 38.4 Å². The van der Waals surface area contributed by atoms with Gasteiger partial charge in [0.05, 0.1) is 5.69 Å². The molecule has 0 amide bonds. The third-order valence-electron chi connectivity index (χ3n) is 1.88. The molecular formula is C9H10N2. The van der Waals surface area contributed by atoms with Crippen molar-refractivity contribution in [3.8, 4) is 0 Å². The van der Waals surface area contributed by atoms with Crippen LogP contribution in [0.4, 0.5) is 11.4 Å². The number of fused-ring (bicyclic) bond motifs is 1. The largest absolute Gasteiger partial charge is 0.399 e. The second kappa shape index (κ2) is 2.38. The van der Waals surface area contributed by atoms with Crippen molar-refractivity contribution in [2.24, 2.45) is 4.99 Å². The molecule has 0 aliphatic carbocycles. The van der Waals surface area contributed by atoms with Gasteiger partial charge >= 0.3 is 0 Å². The highest BCUT2D eigenvalue weighted by Gasteiger charge is 2.03. The highest BCUT2D eigenvalue weighted by Crippen LogP contribution is 2.25. The fourth-order valence-corrected chi connectivity index (χ4v) is 1.30. The van der Waals surface area contributed by atoms with Crippen LogP contribution >= 0.6 is 0 Å². The first kappa shape index (κ1) is 6.40. The van der Waals surface area contributed by atoms with Gasteiger partial charge in [0.2, 0.25) is 0 Å². The zero-order valence-electron chi connectivity index (χ0n) is 6.25. The zero-order valence-corrected chi connectivity index (χ0v) is 6.25. The molecule has 0 bridgehead atoms. The van der Waals surface area contributed by atoms with Crippen LogP contribution in [-0.2, 0) is 6.42 Å². The van der Waals surface area contributed by atoms with Gasteiger partial charge in [0.25, 0.3) is 0 Å². The molecule has 0 atom stereocenters. The lowest BCUT2D eigenvalue weighted by Crippen LogP contribution is -1.94. The summed E-state index contributed by atoms with van der Waals surface area (Å²) in [4.78, 5) is 4.25. The number of aryl methyl sites for hydroxylation is 1. The summed E-state index contributed by atoms with van der Waals surface area (Å²) in [7, 11) is 0. The van der Waals surface area contributed by atoms with E-state index in [9.17, 15) is 0 Å². The maximum absolute atomic E-state index is 5.61. The second-order valence-electron chi connectivity index (χ2n) is 2.74. The minimum Gasteiger partial charge on any atom is -0.399 e. The SMILES string of the molecule is Nc1ccc2c(c1)N=CCC2. The van der Waals surface area contributed by atoms with E-state index in [0.29, 0.717) is 0 Å². The molecule has 2 N–H and O–H groups in total. The molecule has 0 radical (unpaired) electrons. The van der Waals surface area contributed by atoms with Crippen molar-refractivity contribution in [1.82, 2.24) is 0 Å². The van der Waals surface area contributed by atoms with Crippen LogP contribution in [-0.4, -0.2) is 6.21 Å². The molecule has 1 aromatic rings. The molecule has 2 nitrogen and oxygen atoms in total. The summed E-state index contributed by atoms with van der Waals surface area (Å²) < 4.78 is 0. The van der Waals surface area contributed by atoms with Crippen molar-refractivity contribution in [3.05, 3.63) is 23.8 Å². The van der Waals surface area contributed by atoms with E-state index in [0.717, 1.165) is 24.2 Å². The summed E-state index contributed by atoms with van der Waals surface area (Å²) in [6.07, 6.45) is 4.10.